The van der Waals surface area contributed by atoms with Gasteiger partial charge in [-0.1, -0.05) is 48.5 Å². The van der Waals surface area contributed by atoms with Gasteiger partial charge in [0.25, 0.3) is 0 Å². The van der Waals surface area contributed by atoms with Crippen molar-refractivity contribution in [2.24, 2.45) is 0 Å². The highest BCUT2D eigenvalue weighted by Crippen LogP contribution is 2.20. The predicted molar refractivity (Wildman–Crippen MR) is 96.3 cm³/mol. The van der Waals surface area contributed by atoms with Gasteiger partial charge in [-0.05, 0) is 30.5 Å². The van der Waals surface area contributed by atoms with E-state index in [0.717, 1.165) is 18.4 Å². The van der Waals surface area contributed by atoms with Crippen LogP contribution in [0.4, 0.5) is 4.79 Å². The van der Waals surface area contributed by atoms with Crippen molar-refractivity contribution in [1.29, 1.82) is 0 Å². The molecule has 2 rings (SSSR count). The molecule has 0 saturated heterocycles. The van der Waals surface area contributed by atoms with Crippen molar-refractivity contribution in [3.63, 3.8) is 0 Å². The lowest BCUT2D eigenvalue weighted by Gasteiger charge is -2.22. The molecule has 0 atom stereocenters. The van der Waals surface area contributed by atoms with Gasteiger partial charge in [0.05, 0.1) is 0 Å². The minimum absolute atomic E-state index is 0.0112. The van der Waals surface area contributed by atoms with E-state index in [1.54, 1.807) is 18.2 Å². The first kappa shape index (κ1) is 18.9. The van der Waals surface area contributed by atoms with Gasteiger partial charge >= 0.3 is 6.03 Å². The Morgan fingerprint density at radius 2 is 1.83 bits per heavy atom. The average Bonchev–Trinajstić information content (AvgIpc) is 2.55. The Kier molecular flexibility index (Phi) is 7.66. The topological polar surface area (TPSA) is 70.2 Å². The van der Waals surface area contributed by atoms with Gasteiger partial charge in [0.15, 0.2) is 0 Å². The van der Waals surface area contributed by atoms with Crippen LogP contribution in [0.15, 0.2) is 18.2 Å². The molecule has 1 saturated carbocycles. The molecular formula is C17H23Cl2N3O2. The standard InChI is InChI=1S/C17H23Cl2N3O2/c18-13-7-6-12(15(19)10-13)11-21-17(24)20-9-8-16(23)22-14-4-2-1-3-5-14/h6-7,10,14H,1-5,8-9,11H2,(H,22,23)(H2,20,21,24). The zero-order chi connectivity index (χ0) is 17.4. The van der Waals surface area contributed by atoms with Crippen molar-refractivity contribution < 1.29 is 9.59 Å². The van der Waals surface area contributed by atoms with Gasteiger partial charge in [-0.25, -0.2) is 4.79 Å². The van der Waals surface area contributed by atoms with Crippen LogP contribution in [0.25, 0.3) is 0 Å². The van der Waals surface area contributed by atoms with Crippen molar-refractivity contribution >= 4 is 35.1 Å². The summed E-state index contributed by atoms with van der Waals surface area (Å²) in [6, 6.07) is 5.09. The molecule has 3 N–H and O–H groups in total. The number of hydrogen-bond donors (Lipinski definition) is 3. The second-order valence-corrected chi connectivity index (χ2v) is 6.84. The summed E-state index contributed by atoms with van der Waals surface area (Å²) in [5.41, 5.74) is 0.784. The molecule has 24 heavy (non-hydrogen) atoms. The number of benzene rings is 1. The van der Waals surface area contributed by atoms with Crippen LogP contribution >= 0.6 is 23.2 Å². The summed E-state index contributed by atoms with van der Waals surface area (Å²) in [7, 11) is 0. The van der Waals surface area contributed by atoms with Gasteiger partial charge in [-0.3, -0.25) is 4.79 Å². The summed E-state index contributed by atoms with van der Waals surface area (Å²) >= 11 is 11.9. The maximum Gasteiger partial charge on any atom is 0.315 e. The Labute approximate surface area is 152 Å². The second kappa shape index (κ2) is 9.74. The third-order valence-corrected chi connectivity index (χ3v) is 4.65. The summed E-state index contributed by atoms with van der Waals surface area (Å²) in [5.74, 6) is -0.0112. The van der Waals surface area contributed by atoms with Gasteiger partial charge < -0.3 is 16.0 Å². The van der Waals surface area contributed by atoms with Crippen LogP contribution in [-0.2, 0) is 11.3 Å². The van der Waals surface area contributed by atoms with Crippen LogP contribution in [0, 0.1) is 0 Å². The van der Waals surface area contributed by atoms with Gasteiger partial charge in [0, 0.05) is 35.6 Å². The number of halogens is 2. The Balaban J connectivity index is 1.61. The number of amides is 3. The lowest BCUT2D eigenvalue weighted by Crippen LogP contribution is -2.40. The van der Waals surface area contributed by atoms with E-state index in [1.165, 1.54) is 19.3 Å². The molecule has 0 radical (unpaired) electrons. The molecule has 1 aliphatic rings. The summed E-state index contributed by atoms with van der Waals surface area (Å²) in [4.78, 5) is 23.6. The summed E-state index contributed by atoms with van der Waals surface area (Å²) in [5, 5.41) is 9.46. The zero-order valence-electron chi connectivity index (χ0n) is 13.5. The monoisotopic (exact) mass is 371 g/mol. The maximum absolute atomic E-state index is 11.8. The van der Waals surface area contributed by atoms with Crippen LogP contribution < -0.4 is 16.0 Å². The van der Waals surface area contributed by atoms with E-state index in [9.17, 15) is 9.59 Å². The fraction of sp³-hybridized carbons (Fsp3) is 0.529. The fourth-order valence-electron chi connectivity index (χ4n) is 2.74. The van der Waals surface area contributed by atoms with E-state index in [2.05, 4.69) is 16.0 Å². The molecule has 0 bridgehead atoms. The van der Waals surface area contributed by atoms with Crippen LogP contribution in [0.5, 0.6) is 0 Å². The largest absolute Gasteiger partial charge is 0.353 e. The minimum Gasteiger partial charge on any atom is -0.353 e. The molecule has 0 unspecified atom stereocenters. The zero-order valence-corrected chi connectivity index (χ0v) is 15.1. The number of urea groups is 1. The average molecular weight is 372 g/mol. The van der Waals surface area contributed by atoms with Gasteiger partial charge in [-0.2, -0.15) is 0 Å². The van der Waals surface area contributed by atoms with E-state index < -0.39 is 0 Å². The van der Waals surface area contributed by atoms with Crippen molar-refractivity contribution in [3.8, 4) is 0 Å². The quantitative estimate of drug-likeness (QED) is 0.714. The highest BCUT2D eigenvalue weighted by molar-refractivity contribution is 6.35. The van der Waals surface area contributed by atoms with Gasteiger partial charge in [-0.15, -0.1) is 0 Å². The fourth-order valence-corrected chi connectivity index (χ4v) is 3.21. The van der Waals surface area contributed by atoms with Crippen LogP contribution in [0.2, 0.25) is 10.0 Å². The van der Waals surface area contributed by atoms with Crippen LogP contribution in [-0.4, -0.2) is 24.5 Å². The third-order valence-electron chi connectivity index (χ3n) is 4.06. The number of carbonyl (C=O) groups excluding carboxylic acids is 2. The molecule has 0 aliphatic heterocycles. The molecule has 3 amide bonds. The Hall–Kier alpha value is -1.46. The van der Waals surface area contributed by atoms with Crippen LogP contribution in [0.3, 0.4) is 0 Å². The molecule has 0 aromatic heterocycles. The maximum atomic E-state index is 11.8. The lowest BCUT2D eigenvalue weighted by atomic mass is 9.95. The van der Waals surface area contributed by atoms with E-state index in [4.69, 9.17) is 23.2 Å². The first-order valence-corrected chi connectivity index (χ1v) is 9.05. The van der Waals surface area contributed by atoms with E-state index in [1.807, 2.05) is 0 Å². The van der Waals surface area contributed by atoms with Gasteiger partial charge in [0.1, 0.15) is 0 Å². The minimum atomic E-state index is -0.327. The molecule has 7 heteroatoms. The predicted octanol–water partition coefficient (Wildman–Crippen LogP) is 3.63. The first-order chi connectivity index (χ1) is 11.5. The molecule has 1 aromatic rings. The third kappa shape index (κ3) is 6.57. The Morgan fingerprint density at radius 3 is 2.54 bits per heavy atom. The van der Waals surface area contributed by atoms with Crippen molar-refractivity contribution in [2.45, 2.75) is 51.1 Å². The first-order valence-electron chi connectivity index (χ1n) is 8.29. The number of hydrogen-bond acceptors (Lipinski definition) is 2. The normalized spacial score (nSPS) is 14.9. The lowest BCUT2D eigenvalue weighted by molar-refractivity contribution is -0.121. The molecule has 132 valence electrons. The Morgan fingerprint density at radius 1 is 1.08 bits per heavy atom. The molecule has 1 aromatic carbocycles. The smallest absolute Gasteiger partial charge is 0.315 e. The van der Waals surface area contributed by atoms with Crippen molar-refractivity contribution in [2.75, 3.05) is 6.54 Å². The van der Waals surface area contributed by atoms with Crippen molar-refractivity contribution in [3.05, 3.63) is 33.8 Å². The number of nitrogens with one attached hydrogen (secondary N) is 3. The molecule has 5 nitrogen and oxygen atoms in total. The molecule has 1 aliphatic carbocycles. The molecule has 1 fully saturated rings. The van der Waals surface area contributed by atoms with Gasteiger partial charge in [0.2, 0.25) is 5.91 Å². The highest BCUT2D eigenvalue weighted by atomic mass is 35.5. The highest BCUT2D eigenvalue weighted by Gasteiger charge is 2.15. The molecule has 0 spiro atoms. The number of carbonyl (C=O) groups is 2. The van der Waals surface area contributed by atoms with E-state index in [-0.39, 0.29) is 18.4 Å². The van der Waals surface area contributed by atoms with E-state index >= 15 is 0 Å². The summed E-state index contributed by atoms with van der Waals surface area (Å²) in [6.07, 6.45) is 6.01. The van der Waals surface area contributed by atoms with E-state index in [0.29, 0.717) is 29.2 Å². The SMILES string of the molecule is O=C(CCNC(=O)NCc1ccc(Cl)cc1Cl)NC1CCCCC1. The molecular weight excluding hydrogens is 349 g/mol. The van der Waals surface area contributed by atoms with Crippen molar-refractivity contribution in [1.82, 2.24) is 16.0 Å². The van der Waals surface area contributed by atoms with Crippen LogP contribution in [0.1, 0.15) is 44.1 Å². The molecule has 0 heterocycles. The summed E-state index contributed by atoms with van der Waals surface area (Å²) in [6.45, 7) is 0.606. The number of rotatable bonds is 6. The second-order valence-electron chi connectivity index (χ2n) is 6.00. The Bertz CT molecular complexity index is 575. The summed E-state index contributed by atoms with van der Waals surface area (Å²) < 4.78 is 0.